The topological polar surface area (TPSA) is 52.3 Å². The predicted octanol–water partition coefficient (Wildman–Crippen LogP) is 3.32. The summed E-state index contributed by atoms with van der Waals surface area (Å²) < 4.78 is 5.19. The summed E-state index contributed by atoms with van der Waals surface area (Å²) in [5, 5.41) is 0.310. The van der Waals surface area contributed by atoms with Gasteiger partial charge in [0.25, 0.3) is 0 Å². The SMILES string of the molecule is Nc1ccc(C(=O)OCCc2ccccc2)c(Cl)c1. The van der Waals surface area contributed by atoms with Gasteiger partial charge in [-0.05, 0) is 23.8 Å². The minimum atomic E-state index is -0.430. The molecule has 3 nitrogen and oxygen atoms in total. The van der Waals surface area contributed by atoms with Crippen LogP contribution in [0, 0.1) is 0 Å². The highest BCUT2D eigenvalue weighted by Crippen LogP contribution is 2.20. The molecule has 0 aliphatic heterocycles. The van der Waals surface area contributed by atoms with Gasteiger partial charge in [0.1, 0.15) is 0 Å². The summed E-state index contributed by atoms with van der Waals surface area (Å²) in [7, 11) is 0. The summed E-state index contributed by atoms with van der Waals surface area (Å²) in [4.78, 5) is 11.8. The molecule has 0 unspecified atom stereocenters. The molecule has 0 atom stereocenters. The van der Waals surface area contributed by atoms with E-state index in [0.717, 1.165) is 5.56 Å². The fraction of sp³-hybridized carbons (Fsp3) is 0.133. The van der Waals surface area contributed by atoms with Crippen LogP contribution in [-0.4, -0.2) is 12.6 Å². The second-order valence-electron chi connectivity index (χ2n) is 4.11. The summed E-state index contributed by atoms with van der Waals surface area (Å²) in [6.45, 7) is 0.323. The minimum absolute atomic E-state index is 0.310. The Hall–Kier alpha value is -2.00. The van der Waals surface area contributed by atoms with Gasteiger partial charge < -0.3 is 10.5 Å². The first-order valence-electron chi connectivity index (χ1n) is 5.93. The van der Waals surface area contributed by atoms with Crippen LogP contribution >= 0.6 is 11.6 Å². The van der Waals surface area contributed by atoms with Crippen molar-refractivity contribution < 1.29 is 9.53 Å². The van der Waals surface area contributed by atoms with E-state index in [2.05, 4.69) is 0 Å². The molecule has 0 bridgehead atoms. The van der Waals surface area contributed by atoms with Crippen molar-refractivity contribution in [3.63, 3.8) is 0 Å². The van der Waals surface area contributed by atoms with E-state index in [0.29, 0.717) is 29.3 Å². The van der Waals surface area contributed by atoms with E-state index in [1.807, 2.05) is 30.3 Å². The number of rotatable bonds is 4. The van der Waals surface area contributed by atoms with Crippen LogP contribution in [0.4, 0.5) is 5.69 Å². The third-order valence-corrected chi connectivity index (χ3v) is 2.99. The van der Waals surface area contributed by atoms with Crippen molar-refractivity contribution in [2.24, 2.45) is 0 Å². The van der Waals surface area contributed by atoms with Gasteiger partial charge in [-0.25, -0.2) is 4.79 Å². The van der Waals surface area contributed by atoms with Gasteiger partial charge in [-0.15, -0.1) is 0 Å². The first-order valence-corrected chi connectivity index (χ1v) is 6.30. The van der Waals surface area contributed by atoms with Gasteiger partial charge in [-0.3, -0.25) is 0 Å². The zero-order chi connectivity index (χ0) is 13.7. The zero-order valence-corrected chi connectivity index (χ0v) is 11.1. The lowest BCUT2D eigenvalue weighted by Gasteiger charge is -2.07. The number of hydrogen-bond donors (Lipinski definition) is 1. The number of ether oxygens (including phenoxy) is 1. The molecule has 2 rings (SSSR count). The lowest BCUT2D eigenvalue weighted by molar-refractivity contribution is 0.0509. The lowest BCUT2D eigenvalue weighted by Crippen LogP contribution is -2.09. The number of carbonyl (C=O) groups excluding carboxylic acids is 1. The molecule has 4 heteroatoms. The van der Waals surface area contributed by atoms with Crippen molar-refractivity contribution in [1.29, 1.82) is 0 Å². The Kier molecular flexibility index (Phi) is 4.42. The molecule has 0 aromatic heterocycles. The van der Waals surface area contributed by atoms with Crippen LogP contribution in [0.2, 0.25) is 5.02 Å². The van der Waals surface area contributed by atoms with E-state index in [9.17, 15) is 4.79 Å². The van der Waals surface area contributed by atoms with Crippen molar-refractivity contribution in [3.8, 4) is 0 Å². The molecular formula is C15H14ClNO2. The normalized spacial score (nSPS) is 10.2. The summed E-state index contributed by atoms with van der Waals surface area (Å²) in [5.41, 5.74) is 7.55. The molecule has 2 aromatic rings. The van der Waals surface area contributed by atoms with Crippen molar-refractivity contribution >= 4 is 23.3 Å². The van der Waals surface area contributed by atoms with Gasteiger partial charge in [-0.1, -0.05) is 41.9 Å². The van der Waals surface area contributed by atoms with Crippen LogP contribution in [0.5, 0.6) is 0 Å². The lowest BCUT2D eigenvalue weighted by atomic mass is 10.2. The van der Waals surface area contributed by atoms with Crippen LogP contribution in [0.25, 0.3) is 0 Å². The molecule has 0 saturated carbocycles. The molecule has 2 aromatic carbocycles. The number of hydrogen-bond acceptors (Lipinski definition) is 3. The smallest absolute Gasteiger partial charge is 0.339 e. The van der Waals surface area contributed by atoms with Gasteiger partial charge in [0.05, 0.1) is 17.2 Å². The Morgan fingerprint density at radius 2 is 1.89 bits per heavy atom. The Balaban J connectivity index is 1.91. The highest BCUT2D eigenvalue weighted by Gasteiger charge is 2.11. The van der Waals surface area contributed by atoms with Gasteiger partial charge in [0, 0.05) is 12.1 Å². The average Bonchev–Trinajstić information content (AvgIpc) is 2.39. The van der Waals surface area contributed by atoms with Crippen molar-refractivity contribution in [2.45, 2.75) is 6.42 Å². The molecule has 0 aliphatic carbocycles. The summed E-state index contributed by atoms with van der Waals surface area (Å²) in [5.74, 6) is -0.430. The third kappa shape index (κ3) is 3.73. The predicted molar refractivity (Wildman–Crippen MR) is 76.3 cm³/mol. The fourth-order valence-electron chi connectivity index (χ4n) is 1.68. The highest BCUT2D eigenvalue weighted by molar-refractivity contribution is 6.33. The van der Waals surface area contributed by atoms with Gasteiger partial charge in [0.2, 0.25) is 0 Å². The van der Waals surface area contributed by atoms with Crippen molar-refractivity contribution in [2.75, 3.05) is 12.3 Å². The second-order valence-corrected chi connectivity index (χ2v) is 4.52. The standard InChI is InChI=1S/C15H14ClNO2/c16-14-10-12(17)6-7-13(14)15(18)19-9-8-11-4-2-1-3-5-11/h1-7,10H,8-9,17H2. The van der Waals surface area contributed by atoms with E-state index < -0.39 is 5.97 Å². The maximum atomic E-state index is 11.8. The number of esters is 1. The first-order chi connectivity index (χ1) is 9.16. The summed E-state index contributed by atoms with van der Waals surface area (Å²) in [6, 6.07) is 14.6. The van der Waals surface area contributed by atoms with Crippen LogP contribution < -0.4 is 5.73 Å². The summed E-state index contributed by atoms with van der Waals surface area (Å²) in [6.07, 6.45) is 0.680. The molecule has 0 saturated heterocycles. The van der Waals surface area contributed by atoms with Crippen LogP contribution in [0.1, 0.15) is 15.9 Å². The van der Waals surface area contributed by atoms with Crippen molar-refractivity contribution in [1.82, 2.24) is 0 Å². The van der Waals surface area contributed by atoms with E-state index in [1.54, 1.807) is 12.1 Å². The number of nitrogen functional groups attached to an aromatic ring is 1. The maximum Gasteiger partial charge on any atom is 0.339 e. The molecule has 0 fully saturated rings. The van der Waals surface area contributed by atoms with Gasteiger partial charge in [-0.2, -0.15) is 0 Å². The number of carbonyl (C=O) groups is 1. The Bertz CT molecular complexity index is 570. The highest BCUT2D eigenvalue weighted by atomic mass is 35.5. The Labute approximate surface area is 117 Å². The van der Waals surface area contributed by atoms with E-state index in [4.69, 9.17) is 22.1 Å². The van der Waals surface area contributed by atoms with E-state index in [-0.39, 0.29) is 0 Å². The van der Waals surface area contributed by atoms with Gasteiger partial charge in [0.15, 0.2) is 0 Å². The van der Waals surface area contributed by atoms with E-state index in [1.165, 1.54) is 6.07 Å². The molecule has 0 aliphatic rings. The van der Waals surface area contributed by atoms with E-state index >= 15 is 0 Å². The maximum absolute atomic E-state index is 11.8. The molecule has 0 heterocycles. The fourth-order valence-corrected chi connectivity index (χ4v) is 1.95. The Morgan fingerprint density at radius 3 is 2.58 bits per heavy atom. The van der Waals surface area contributed by atoms with Crippen LogP contribution in [0.3, 0.4) is 0 Å². The average molecular weight is 276 g/mol. The first kappa shape index (κ1) is 13.4. The second kappa shape index (κ2) is 6.25. The number of benzene rings is 2. The monoisotopic (exact) mass is 275 g/mol. The largest absolute Gasteiger partial charge is 0.462 e. The summed E-state index contributed by atoms with van der Waals surface area (Å²) >= 11 is 5.94. The molecular weight excluding hydrogens is 262 g/mol. The number of anilines is 1. The van der Waals surface area contributed by atoms with Crippen LogP contribution in [-0.2, 0) is 11.2 Å². The molecule has 98 valence electrons. The minimum Gasteiger partial charge on any atom is -0.462 e. The van der Waals surface area contributed by atoms with Crippen molar-refractivity contribution in [3.05, 3.63) is 64.7 Å². The Morgan fingerprint density at radius 1 is 1.16 bits per heavy atom. The third-order valence-electron chi connectivity index (χ3n) is 2.68. The molecule has 2 N–H and O–H groups in total. The number of nitrogens with two attached hydrogens (primary N) is 1. The van der Waals surface area contributed by atoms with Gasteiger partial charge >= 0.3 is 5.97 Å². The molecule has 0 spiro atoms. The molecule has 0 amide bonds. The number of halogens is 1. The zero-order valence-electron chi connectivity index (χ0n) is 10.3. The molecule has 0 radical (unpaired) electrons. The quantitative estimate of drug-likeness (QED) is 0.688. The van der Waals surface area contributed by atoms with Crippen LogP contribution in [0.15, 0.2) is 48.5 Å². The molecule has 19 heavy (non-hydrogen) atoms.